The Kier molecular flexibility index (Phi) is 3.55. The molecule has 1 aliphatic carbocycles. The molecule has 1 aliphatic rings. The van der Waals surface area contributed by atoms with Crippen LogP contribution in [0.3, 0.4) is 0 Å². The molecular weight excluding hydrogens is 249 g/mol. The summed E-state index contributed by atoms with van der Waals surface area (Å²) in [5.74, 6) is -1.94. The molecule has 2 N–H and O–H groups in total. The topological polar surface area (TPSA) is 66.4 Å². The fourth-order valence-corrected chi connectivity index (χ4v) is 2.26. The highest BCUT2D eigenvalue weighted by Crippen LogP contribution is 2.41. The van der Waals surface area contributed by atoms with Crippen LogP contribution in [0.5, 0.6) is 0 Å². The largest absolute Gasteiger partial charge is 0.480 e. The Bertz CT molecular complexity index is 511. The van der Waals surface area contributed by atoms with Crippen LogP contribution in [-0.4, -0.2) is 17.0 Å². The predicted molar refractivity (Wildman–Crippen MR) is 66.9 cm³/mol. The number of hydrogen-bond donors (Lipinski definition) is 2. The molecule has 1 unspecified atom stereocenters. The Morgan fingerprint density at radius 3 is 2.58 bits per heavy atom. The fraction of sp³-hybridized carbons (Fsp3) is 0.429. The third kappa shape index (κ3) is 2.45. The smallest absolute Gasteiger partial charge is 0.319 e. The van der Waals surface area contributed by atoms with E-state index in [0.717, 1.165) is 6.42 Å². The highest BCUT2D eigenvalue weighted by molar-refractivity contribution is 6.02. The van der Waals surface area contributed by atoms with Gasteiger partial charge in [0.05, 0.1) is 6.04 Å². The van der Waals surface area contributed by atoms with E-state index in [1.807, 2.05) is 0 Å². The monoisotopic (exact) mass is 265 g/mol. The Morgan fingerprint density at radius 1 is 1.42 bits per heavy atom. The number of hydrogen-bond acceptors (Lipinski definition) is 2. The van der Waals surface area contributed by atoms with Crippen molar-refractivity contribution in [1.29, 1.82) is 0 Å². The summed E-state index contributed by atoms with van der Waals surface area (Å²) in [5, 5.41) is 11.8. The van der Waals surface area contributed by atoms with Crippen molar-refractivity contribution in [1.82, 2.24) is 5.32 Å². The maximum absolute atomic E-state index is 13.1. The van der Waals surface area contributed by atoms with E-state index < -0.39 is 23.3 Å². The van der Waals surface area contributed by atoms with E-state index in [0.29, 0.717) is 18.4 Å². The number of carbonyl (C=O) groups is 2. The predicted octanol–water partition coefficient (Wildman–Crippen LogP) is 2.26. The number of aliphatic carboxylic acids is 1. The van der Waals surface area contributed by atoms with Crippen LogP contribution in [0.1, 0.15) is 37.8 Å². The highest BCUT2D eigenvalue weighted by Gasteiger charge is 2.51. The lowest BCUT2D eigenvalue weighted by Gasteiger charge is -2.36. The standard InChI is InChI=1S/C14H16FNO3/c1-9(10-4-2-5-11(15)8-10)16-12(17)14(13(18)19)6-3-7-14/h2,4-5,8-9H,3,6-7H2,1H3,(H,16,17)(H,18,19). The Hall–Kier alpha value is -1.91. The van der Waals surface area contributed by atoms with Crippen molar-refractivity contribution in [2.75, 3.05) is 0 Å². The second-order valence-corrected chi connectivity index (χ2v) is 4.99. The van der Waals surface area contributed by atoms with E-state index in [9.17, 15) is 14.0 Å². The first-order chi connectivity index (χ1) is 8.95. The van der Waals surface area contributed by atoms with E-state index in [2.05, 4.69) is 5.32 Å². The van der Waals surface area contributed by atoms with Gasteiger partial charge in [-0.25, -0.2) is 4.39 Å². The van der Waals surface area contributed by atoms with Gasteiger partial charge in [0, 0.05) is 0 Å². The normalized spacial score (nSPS) is 18.2. The summed E-state index contributed by atoms with van der Waals surface area (Å²) in [7, 11) is 0. The van der Waals surface area contributed by atoms with Crippen molar-refractivity contribution >= 4 is 11.9 Å². The van der Waals surface area contributed by atoms with E-state index in [4.69, 9.17) is 5.11 Å². The molecule has 1 aromatic rings. The fourth-order valence-electron chi connectivity index (χ4n) is 2.26. The molecule has 5 heteroatoms. The van der Waals surface area contributed by atoms with Gasteiger partial charge in [-0.05, 0) is 37.5 Å². The molecule has 1 amide bonds. The van der Waals surface area contributed by atoms with Crippen molar-refractivity contribution in [2.24, 2.45) is 5.41 Å². The number of halogens is 1. The maximum atomic E-state index is 13.1. The van der Waals surface area contributed by atoms with Crippen molar-refractivity contribution in [2.45, 2.75) is 32.2 Å². The zero-order valence-electron chi connectivity index (χ0n) is 10.6. The summed E-state index contributed by atoms with van der Waals surface area (Å²) in [6, 6.07) is 5.49. The molecule has 0 aliphatic heterocycles. The van der Waals surface area contributed by atoms with Crippen LogP contribution in [0.4, 0.5) is 4.39 Å². The highest BCUT2D eigenvalue weighted by atomic mass is 19.1. The van der Waals surface area contributed by atoms with E-state index >= 15 is 0 Å². The zero-order chi connectivity index (χ0) is 14.0. The van der Waals surface area contributed by atoms with Gasteiger partial charge in [0.1, 0.15) is 11.2 Å². The molecule has 0 spiro atoms. The van der Waals surface area contributed by atoms with E-state index in [1.165, 1.54) is 12.1 Å². The average Bonchev–Trinajstić information content (AvgIpc) is 2.26. The molecule has 1 fully saturated rings. The van der Waals surface area contributed by atoms with Gasteiger partial charge in [0.2, 0.25) is 5.91 Å². The van der Waals surface area contributed by atoms with Crippen molar-refractivity contribution < 1.29 is 19.1 Å². The number of carbonyl (C=O) groups excluding carboxylic acids is 1. The molecule has 4 nitrogen and oxygen atoms in total. The molecule has 0 aromatic heterocycles. The summed E-state index contributed by atoms with van der Waals surface area (Å²) >= 11 is 0. The average molecular weight is 265 g/mol. The maximum Gasteiger partial charge on any atom is 0.319 e. The summed E-state index contributed by atoms with van der Waals surface area (Å²) in [5.41, 5.74) is -0.671. The molecule has 0 heterocycles. The minimum atomic E-state index is -1.29. The summed E-state index contributed by atoms with van der Waals surface area (Å²) in [6.07, 6.45) is 1.47. The molecule has 2 rings (SSSR count). The van der Waals surface area contributed by atoms with Gasteiger partial charge in [-0.3, -0.25) is 9.59 Å². The molecule has 1 atom stereocenters. The number of carboxylic acids is 1. The van der Waals surface area contributed by atoms with Gasteiger partial charge < -0.3 is 10.4 Å². The molecular formula is C14H16FNO3. The van der Waals surface area contributed by atoms with Crippen LogP contribution >= 0.6 is 0 Å². The number of amides is 1. The summed E-state index contributed by atoms with van der Waals surface area (Å²) in [6.45, 7) is 1.71. The Morgan fingerprint density at radius 2 is 2.11 bits per heavy atom. The molecule has 0 radical (unpaired) electrons. The van der Waals surface area contributed by atoms with E-state index in [1.54, 1.807) is 19.1 Å². The van der Waals surface area contributed by atoms with Gasteiger partial charge in [0.25, 0.3) is 0 Å². The zero-order valence-corrected chi connectivity index (χ0v) is 10.6. The van der Waals surface area contributed by atoms with Crippen LogP contribution in [0.15, 0.2) is 24.3 Å². The van der Waals surface area contributed by atoms with Crippen molar-refractivity contribution in [3.8, 4) is 0 Å². The quantitative estimate of drug-likeness (QED) is 0.821. The van der Waals surface area contributed by atoms with Gasteiger partial charge in [-0.2, -0.15) is 0 Å². The molecule has 1 saturated carbocycles. The van der Waals surface area contributed by atoms with Crippen molar-refractivity contribution in [3.05, 3.63) is 35.6 Å². The molecule has 102 valence electrons. The second-order valence-electron chi connectivity index (χ2n) is 4.99. The number of carboxylic acid groups (broad SMARTS) is 1. The van der Waals surface area contributed by atoms with Crippen LogP contribution in [-0.2, 0) is 9.59 Å². The third-order valence-corrected chi connectivity index (χ3v) is 3.75. The molecule has 0 saturated heterocycles. The lowest BCUT2D eigenvalue weighted by atomic mass is 9.68. The van der Waals surface area contributed by atoms with Crippen molar-refractivity contribution in [3.63, 3.8) is 0 Å². The molecule has 19 heavy (non-hydrogen) atoms. The minimum absolute atomic E-state index is 0.365. The van der Waals surface area contributed by atoms with Gasteiger partial charge in [-0.15, -0.1) is 0 Å². The Labute approximate surface area is 110 Å². The lowest BCUT2D eigenvalue weighted by molar-refractivity contribution is -0.162. The van der Waals surface area contributed by atoms with Crippen LogP contribution in [0.2, 0.25) is 0 Å². The first-order valence-corrected chi connectivity index (χ1v) is 6.25. The van der Waals surface area contributed by atoms with Gasteiger partial charge in [0.15, 0.2) is 0 Å². The summed E-state index contributed by atoms with van der Waals surface area (Å²) < 4.78 is 13.1. The molecule has 0 bridgehead atoms. The number of rotatable bonds is 4. The second kappa shape index (κ2) is 4.99. The van der Waals surface area contributed by atoms with Gasteiger partial charge in [-0.1, -0.05) is 18.6 Å². The number of benzene rings is 1. The number of nitrogens with one attached hydrogen (secondary N) is 1. The van der Waals surface area contributed by atoms with Crippen LogP contribution in [0, 0.1) is 11.2 Å². The minimum Gasteiger partial charge on any atom is -0.480 e. The third-order valence-electron chi connectivity index (χ3n) is 3.75. The van der Waals surface area contributed by atoms with Crippen LogP contribution in [0.25, 0.3) is 0 Å². The lowest BCUT2D eigenvalue weighted by Crippen LogP contribution is -2.51. The first-order valence-electron chi connectivity index (χ1n) is 6.25. The van der Waals surface area contributed by atoms with Gasteiger partial charge >= 0.3 is 5.97 Å². The summed E-state index contributed by atoms with van der Waals surface area (Å²) in [4.78, 5) is 23.3. The van der Waals surface area contributed by atoms with Crippen LogP contribution < -0.4 is 5.32 Å². The SMILES string of the molecule is CC(NC(=O)C1(C(=O)O)CCC1)c1cccc(F)c1. The Balaban J connectivity index is 2.09. The first kappa shape index (κ1) is 13.5. The van der Waals surface area contributed by atoms with E-state index in [-0.39, 0.29) is 5.82 Å². The molecule has 1 aromatic carbocycles.